The van der Waals surface area contributed by atoms with Gasteiger partial charge in [0.05, 0.1) is 11.4 Å². The molecule has 1 aromatic heterocycles. The van der Waals surface area contributed by atoms with Crippen LogP contribution in [0.3, 0.4) is 0 Å². The summed E-state index contributed by atoms with van der Waals surface area (Å²) in [7, 11) is 0. The van der Waals surface area contributed by atoms with Crippen LogP contribution in [0.5, 0.6) is 0 Å². The number of carbonyl (C=O) groups excluding carboxylic acids is 4. The molecule has 0 aromatic carbocycles. The van der Waals surface area contributed by atoms with Gasteiger partial charge in [-0.1, -0.05) is 33.1 Å². The van der Waals surface area contributed by atoms with Gasteiger partial charge in [-0.15, -0.1) is 0 Å². The van der Waals surface area contributed by atoms with E-state index in [2.05, 4.69) is 20.6 Å². The second kappa shape index (κ2) is 16.0. The Morgan fingerprint density at radius 3 is 2.49 bits per heavy atom. The highest BCUT2D eigenvalue weighted by atomic mass is 16.6. The molecule has 0 spiro atoms. The van der Waals surface area contributed by atoms with E-state index in [0.29, 0.717) is 0 Å². The van der Waals surface area contributed by atoms with Gasteiger partial charge in [0.25, 0.3) is 0 Å². The number of nitriles is 1. The number of esters is 2. The minimum Gasteiger partial charge on any atom is -0.463 e. The largest absolute Gasteiger partial charge is 0.463 e. The van der Waals surface area contributed by atoms with Gasteiger partial charge in [-0.25, -0.2) is 14.6 Å². The zero-order valence-electron chi connectivity index (χ0n) is 27.8. The number of rotatable bonds is 11. The fourth-order valence-electron chi connectivity index (χ4n) is 5.61. The maximum atomic E-state index is 13.5. The zero-order valence-corrected chi connectivity index (χ0v) is 27.8. The number of aromatic amines is 1. The summed E-state index contributed by atoms with van der Waals surface area (Å²) in [6, 6.07) is 3.65. The Kier molecular flexibility index (Phi) is 12.7. The van der Waals surface area contributed by atoms with Crippen LogP contribution in [0.25, 0.3) is 0 Å². The molecule has 0 radical (unpaired) electrons. The number of aromatic nitrogens is 1. The summed E-state index contributed by atoms with van der Waals surface area (Å²) in [4.78, 5) is 57.2. The molecule has 5 N–H and O–H groups in total. The molecule has 2 aliphatic rings. The monoisotopic (exact) mass is 658 g/mol. The van der Waals surface area contributed by atoms with Crippen LogP contribution in [0.15, 0.2) is 17.1 Å². The van der Waals surface area contributed by atoms with Gasteiger partial charge in [-0.3, -0.25) is 15.0 Å². The summed E-state index contributed by atoms with van der Waals surface area (Å²) >= 11 is 0. The van der Waals surface area contributed by atoms with Crippen LogP contribution < -0.4 is 10.6 Å². The number of carbonyl (C=O) groups is 4. The van der Waals surface area contributed by atoms with Crippen LogP contribution in [0.4, 0.5) is 4.79 Å². The standard InChI is InChI=1S/C32H46N6O9/c1-18(2)25(38-30(43)47-31(4,5)6)29(42)45-26-22(15-44-24(40)14-20-10-8-7-9-11-20)46-32(16-33,27(26)41)23-13-12-21(37-23)28(35-17-34)36-19(3)39/h12-13,17-18,20,22,25-27,37,41H,7-11,14-15H2,1-6H3,(H,38,43)(H2,34,35,36,39)/t22-,25+,26-,27-,32+/m1/s1. The van der Waals surface area contributed by atoms with Crippen LogP contribution in [-0.2, 0) is 38.9 Å². The lowest BCUT2D eigenvalue weighted by Gasteiger charge is -2.28. The van der Waals surface area contributed by atoms with Crippen molar-refractivity contribution in [3.05, 3.63) is 23.5 Å². The first-order valence-electron chi connectivity index (χ1n) is 15.8. The third-order valence-electron chi connectivity index (χ3n) is 7.86. The molecule has 1 aliphatic carbocycles. The van der Waals surface area contributed by atoms with E-state index in [-0.39, 0.29) is 29.6 Å². The van der Waals surface area contributed by atoms with E-state index in [4.69, 9.17) is 24.4 Å². The number of hydrogen-bond donors (Lipinski definition) is 5. The summed E-state index contributed by atoms with van der Waals surface area (Å²) < 4.78 is 22.7. The van der Waals surface area contributed by atoms with Crippen LogP contribution in [0, 0.1) is 28.6 Å². The van der Waals surface area contributed by atoms with Gasteiger partial charge < -0.3 is 39.7 Å². The van der Waals surface area contributed by atoms with Crippen LogP contribution >= 0.6 is 0 Å². The average molecular weight is 659 g/mol. The van der Waals surface area contributed by atoms with E-state index < -0.39 is 72.0 Å². The quantitative estimate of drug-likeness (QED) is 0.101. The average Bonchev–Trinajstić information content (AvgIpc) is 3.58. The van der Waals surface area contributed by atoms with E-state index >= 15 is 0 Å². The summed E-state index contributed by atoms with van der Waals surface area (Å²) in [5, 5.41) is 34.3. The van der Waals surface area contributed by atoms with E-state index in [1.165, 1.54) is 19.1 Å². The number of amidine groups is 1. The first-order valence-corrected chi connectivity index (χ1v) is 15.8. The van der Waals surface area contributed by atoms with E-state index in [9.17, 15) is 29.5 Å². The highest BCUT2D eigenvalue weighted by Gasteiger charge is 2.59. The third-order valence-corrected chi connectivity index (χ3v) is 7.86. The minimum absolute atomic E-state index is 0.0231. The van der Waals surface area contributed by atoms with Crippen molar-refractivity contribution in [1.82, 2.24) is 15.6 Å². The van der Waals surface area contributed by atoms with Crippen molar-refractivity contribution in [3.8, 4) is 6.07 Å². The number of alkyl carbamates (subject to hydrolysis) is 1. The molecule has 2 heterocycles. The lowest BCUT2D eigenvalue weighted by atomic mass is 9.87. The Balaban J connectivity index is 1.91. The van der Waals surface area contributed by atoms with Crippen molar-refractivity contribution in [3.63, 3.8) is 0 Å². The Morgan fingerprint density at radius 2 is 1.91 bits per heavy atom. The number of nitrogens with zero attached hydrogens (tertiary/aromatic N) is 2. The van der Waals surface area contributed by atoms with Gasteiger partial charge in [0.2, 0.25) is 11.5 Å². The Morgan fingerprint density at radius 1 is 1.23 bits per heavy atom. The smallest absolute Gasteiger partial charge is 0.408 e. The molecule has 47 heavy (non-hydrogen) atoms. The van der Waals surface area contributed by atoms with Gasteiger partial charge in [-0.05, 0) is 57.6 Å². The maximum absolute atomic E-state index is 13.5. The summed E-state index contributed by atoms with van der Waals surface area (Å²) in [5.41, 5.74) is -2.76. The molecule has 258 valence electrons. The zero-order chi connectivity index (χ0) is 34.9. The van der Waals surface area contributed by atoms with Crippen LogP contribution in [0.1, 0.15) is 91.5 Å². The Labute approximate surface area is 274 Å². The normalized spacial score (nSPS) is 24.1. The van der Waals surface area contributed by atoms with Crippen molar-refractivity contribution in [2.75, 3.05) is 6.61 Å². The van der Waals surface area contributed by atoms with Crippen molar-refractivity contribution in [2.45, 2.75) is 116 Å². The number of nitrogens with one attached hydrogen (secondary N) is 4. The fourth-order valence-corrected chi connectivity index (χ4v) is 5.61. The van der Waals surface area contributed by atoms with E-state index in [1.54, 1.807) is 34.6 Å². The number of aliphatic hydroxyl groups excluding tert-OH is 1. The molecule has 0 unspecified atom stereocenters. The molecule has 1 saturated heterocycles. The summed E-state index contributed by atoms with van der Waals surface area (Å²) in [6.45, 7) is 9.19. The Bertz CT molecular complexity index is 1370. The molecule has 15 heteroatoms. The molecule has 2 amide bonds. The van der Waals surface area contributed by atoms with Gasteiger partial charge >= 0.3 is 18.0 Å². The van der Waals surface area contributed by atoms with E-state index in [1.807, 2.05) is 6.07 Å². The van der Waals surface area contributed by atoms with Crippen molar-refractivity contribution >= 4 is 36.1 Å². The first-order chi connectivity index (χ1) is 22.1. The fraction of sp³-hybridized carbons (Fsp3) is 0.656. The van der Waals surface area contributed by atoms with Crippen LogP contribution in [-0.4, -0.2) is 82.8 Å². The van der Waals surface area contributed by atoms with Gasteiger partial charge in [0, 0.05) is 13.3 Å². The molecule has 2 fully saturated rings. The minimum atomic E-state index is -2.15. The maximum Gasteiger partial charge on any atom is 0.408 e. The van der Waals surface area contributed by atoms with Gasteiger partial charge in [0.15, 0.2) is 11.9 Å². The second-order valence-corrected chi connectivity index (χ2v) is 13.2. The molecule has 1 aromatic rings. The number of amides is 2. The van der Waals surface area contributed by atoms with Crippen LogP contribution in [0.2, 0.25) is 0 Å². The highest BCUT2D eigenvalue weighted by Crippen LogP contribution is 2.41. The number of H-pyrrole nitrogens is 1. The molecule has 1 aliphatic heterocycles. The topological polar surface area (TPSA) is 225 Å². The molecule has 0 bridgehead atoms. The lowest BCUT2D eigenvalue weighted by molar-refractivity contribution is -0.163. The van der Waals surface area contributed by atoms with E-state index in [0.717, 1.165) is 38.4 Å². The van der Waals surface area contributed by atoms with Crippen molar-refractivity contribution < 1.29 is 43.2 Å². The molecular weight excluding hydrogens is 612 g/mol. The molecule has 15 nitrogen and oxygen atoms in total. The van der Waals surface area contributed by atoms with Crippen molar-refractivity contribution in [1.29, 1.82) is 10.7 Å². The molecule has 5 atom stereocenters. The number of aliphatic hydroxyl groups is 1. The summed E-state index contributed by atoms with van der Waals surface area (Å²) in [5.74, 6) is -2.16. The molecule has 3 rings (SSSR count). The second-order valence-electron chi connectivity index (χ2n) is 13.2. The lowest BCUT2D eigenvalue weighted by Crippen LogP contribution is -2.50. The summed E-state index contributed by atoms with van der Waals surface area (Å²) in [6.07, 6.45) is 0.527. The predicted molar refractivity (Wildman–Crippen MR) is 168 cm³/mol. The number of hydrogen-bond acceptors (Lipinski definition) is 11. The Hall–Kier alpha value is -4.29. The molecule has 1 saturated carbocycles. The third kappa shape index (κ3) is 9.85. The highest BCUT2D eigenvalue weighted by molar-refractivity contribution is 6.08. The number of ether oxygens (including phenoxy) is 4. The SMILES string of the molecule is CC(=O)NC(=NC=N)c1ccc([C@]2(C#N)O[C@H](COC(=O)CC3CCCCC3)[C@@H](OC(=O)[C@@H](NC(=O)OC(C)(C)C)C(C)C)[C@H]2O)[nH]1. The number of aliphatic imine (C=N–C) groups is 1. The van der Waals surface area contributed by atoms with Crippen molar-refractivity contribution in [2.24, 2.45) is 16.8 Å². The predicted octanol–water partition coefficient (Wildman–Crippen LogP) is 2.96. The van der Waals surface area contributed by atoms with Gasteiger partial charge in [0.1, 0.15) is 42.9 Å². The van der Waals surface area contributed by atoms with Gasteiger partial charge in [-0.2, -0.15) is 5.26 Å². The first kappa shape index (κ1) is 37.2. The molecular formula is C32H46N6O9.